The molecule has 0 aliphatic carbocycles. The van der Waals surface area contributed by atoms with Crippen molar-refractivity contribution in [2.75, 3.05) is 30.9 Å². The van der Waals surface area contributed by atoms with Crippen LogP contribution in [-0.2, 0) is 0 Å². The number of benzene rings is 2. The van der Waals surface area contributed by atoms with Gasteiger partial charge in [-0.05, 0) is 42.3 Å². The Morgan fingerprint density at radius 2 is 1.74 bits per heavy atom. The molecule has 3 heterocycles. The highest BCUT2D eigenvalue weighted by Crippen LogP contribution is 2.29. The lowest BCUT2D eigenvalue weighted by Gasteiger charge is -2.34. The van der Waals surface area contributed by atoms with Crippen LogP contribution in [0.4, 0.5) is 10.1 Å². The Kier molecular flexibility index (Phi) is 6.41. The van der Waals surface area contributed by atoms with Gasteiger partial charge in [0.1, 0.15) is 11.5 Å². The van der Waals surface area contributed by atoms with Crippen molar-refractivity contribution >= 4 is 51.7 Å². The summed E-state index contributed by atoms with van der Waals surface area (Å²) in [7, 11) is 0. The quantitative estimate of drug-likeness (QED) is 0.411. The molecule has 1 aliphatic heterocycles. The Hall–Kier alpha value is -3.50. The third-order valence-electron chi connectivity index (χ3n) is 5.59. The number of hydrogen-bond donors (Lipinski definition) is 1. The van der Waals surface area contributed by atoms with Crippen LogP contribution in [0.25, 0.3) is 10.9 Å². The van der Waals surface area contributed by atoms with Crippen molar-refractivity contribution < 1.29 is 14.0 Å². The summed E-state index contributed by atoms with van der Waals surface area (Å²) >= 11 is 2.64. The molecule has 1 N–H and O–H groups in total. The predicted molar refractivity (Wildman–Crippen MR) is 132 cm³/mol. The Bertz CT molecular complexity index is 1340. The number of amides is 2. The molecule has 1 saturated heterocycles. The van der Waals surface area contributed by atoms with Gasteiger partial charge >= 0.3 is 0 Å². The fourth-order valence-electron chi connectivity index (χ4n) is 3.77. The Labute approximate surface area is 203 Å². The summed E-state index contributed by atoms with van der Waals surface area (Å²) in [5, 5.41) is 2.72. The molecule has 4 aromatic rings. The number of carbonyl (C=O) groups excluding carboxylic acids is 2. The van der Waals surface area contributed by atoms with E-state index in [2.05, 4.69) is 14.7 Å². The summed E-state index contributed by atoms with van der Waals surface area (Å²) in [5.41, 5.74) is 3.44. The van der Waals surface area contributed by atoms with Gasteiger partial charge in [0.05, 0.1) is 21.6 Å². The molecule has 2 aromatic carbocycles. The van der Waals surface area contributed by atoms with E-state index in [0.29, 0.717) is 31.9 Å². The molecule has 10 heteroatoms. The number of pyridine rings is 1. The fraction of sp³-hybridized carbons (Fsp3) is 0.167. The van der Waals surface area contributed by atoms with E-state index >= 15 is 0 Å². The third-order valence-corrected chi connectivity index (χ3v) is 7.05. The zero-order chi connectivity index (χ0) is 23.5. The van der Waals surface area contributed by atoms with Crippen LogP contribution in [0.15, 0.2) is 70.5 Å². The number of hydrogen-bond acceptors (Lipinski definition) is 7. The fourth-order valence-corrected chi connectivity index (χ4v) is 5.10. The maximum atomic E-state index is 14.8. The number of nitrogens with one attached hydrogen (secondary N) is 1. The maximum Gasteiger partial charge on any atom is 0.273 e. The highest BCUT2D eigenvalue weighted by Gasteiger charge is 2.26. The van der Waals surface area contributed by atoms with Gasteiger partial charge in [0, 0.05) is 48.7 Å². The molecule has 1 fully saturated rings. The van der Waals surface area contributed by atoms with Gasteiger partial charge in [-0.2, -0.15) is 0 Å². The summed E-state index contributed by atoms with van der Waals surface area (Å²) in [6, 6.07) is 14.1. The van der Waals surface area contributed by atoms with Gasteiger partial charge in [0.25, 0.3) is 11.8 Å². The molecule has 0 atom stereocenters. The monoisotopic (exact) mass is 493 g/mol. The molecular formula is C24H20FN5O2S2. The molecule has 2 aromatic heterocycles. The van der Waals surface area contributed by atoms with Crippen LogP contribution < -0.4 is 4.72 Å². The Morgan fingerprint density at radius 3 is 2.47 bits per heavy atom. The van der Waals surface area contributed by atoms with Crippen molar-refractivity contribution in [1.29, 1.82) is 0 Å². The number of piperazine rings is 1. The highest BCUT2D eigenvalue weighted by molar-refractivity contribution is 8.00. The second-order valence-electron chi connectivity index (χ2n) is 7.69. The molecule has 7 nitrogen and oxygen atoms in total. The van der Waals surface area contributed by atoms with Crippen LogP contribution in [0.3, 0.4) is 0 Å². The highest BCUT2D eigenvalue weighted by atomic mass is 32.2. The van der Waals surface area contributed by atoms with Gasteiger partial charge in [-0.1, -0.05) is 18.2 Å². The first-order valence-corrected chi connectivity index (χ1v) is 12.4. The van der Waals surface area contributed by atoms with Crippen LogP contribution in [-0.4, -0.2) is 57.8 Å². The first kappa shape index (κ1) is 22.3. The zero-order valence-corrected chi connectivity index (χ0v) is 19.6. The lowest BCUT2D eigenvalue weighted by atomic mass is 10.1. The SMILES string of the molecule is O=C(c1ccc(NSc2cccc3cccnc23)c(F)c1)N1CCN(C(=O)c2cscn2)CC1. The van der Waals surface area contributed by atoms with E-state index in [0.717, 1.165) is 15.8 Å². The number of carbonyl (C=O) groups is 2. The van der Waals surface area contributed by atoms with E-state index in [1.54, 1.807) is 39.0 Å². The minimum Gasteiger partial charge on any atom is -0.335 e. The van der Waals surface area contributed by atoms with Crippen LogP contribution in [0.5, 0.6) is 0 Å². The van der Waals surface area contributed by atoms with Crippen molar-refractivity contribution in [2.24, 2.45) is 0 Å². The summed E-state index contributed by atoms with van der Waals surface area (Å²) in [4.78, 5) is 38.0. The van der Waals surface area contributed by atoms with Gasteiger partial charge in [0.2, 0.25) is 0 Å². The maximum absolute atomic E-state index is 14.8. The number of thiazole rings is 1. The molecule has 0 bridgehead atoms. The summed E-state index contributed by atoms with van der Waals surface area (Å²) < 4.78 is 17.8. The van der Waals surface area contributed by atoms with Crippen LogP contribution in [0, 0.1) is 5.82 Å². The van der Waals surface area contributed by atoms with E-state index in [1.807, 2.05) is 30.3 Å². The number of halogens is 1. The van der Waals surface area contributed by atoms with Crippen molar-refractivity contribution in [3.63, 3.8) is 0 Å². The van der Waals surface area contributed by atoms with E-state index in [9.17, 15) is 14.0 Å². The van der Waals surface area contributed by atoms with Gasteiger partial charge < -0.3 is 14.5 Å². The normalized spacial score (nSPS) is 13.8. The predicted octanol–water partition coefficient (Wildman–Crippen LogP) is 4.55. The number of aromatic nitrogens is 2. The molecular weight excluding hydrogens is 473 g/mol. The molecule has 0 saturated carbocycles. The molecule has 0 radical (unpaired) electrons. The first-order chi connectivity index (χ1) is 16.6. The lowest BCUT2D eigenvalue weighted by Crippen LogP contribution is -2.50. The van der Waals surface area contributed by atoms with Gasteiger partial charge in [0.15, 0.2) is 0 Å². The van der Waals surface area contributed by atoms with Gasteiger partial charge in [-0.25, -0.2) is 9.37 Å². The smallest absolute Gasteiger partial charge is 0.273 e. The standard InChI is InChI=1S/C24H20FN5O2S2/c25-18-13-17(23(31)29-9-11-30(12-10-29)24(32)20-14-33-15-27-20)6-7-19(18)28-34-21-5-1-3-16-4-2-8-26-22(16)21/h1-8,13-15,28H,9-12H2. The molecule has 1 aliphatic rings. The molecule has 2 amide bonds. The summed E-state index contributed by atoms with van der Waals surface area (Å²) in [6.07, 6.45) is 1.72. The van der Waals surface area contributed by atoms with Crippen molar-refractivity contribution in [3.8, 4) is 0 Å². The second-order valence-corrected chi connectivity index (χ2v) is 9.25. The topological polar surface area (TPSA) is 78.4 Å². The largest absolute Gasteiger partial charge is 0.335 e. The van der Waals surface area contributed by atoms with Crippen molar-refractivity contribution in [2.45, 2.75) is 4.90 Å². The van der Waals surface area contributed by atoms with E-state index in [1.165, 1.54) is 29.4 Å². The van der Waals surface area contributed by atoms with Crippen molar-refractivity contribution in [1.82, 2.24) is 19.8 Å². The number of para-hydroxylation sites is 1. The zero-order valence-electron chi connectivity index (χ0n) is 18.0. The van der Waals surface area contributed by atoms with Gasteiger partial charge in [-0.15, -0.1) is 11.3 Å². The minimum absolute atomic E-state index is 0.131. The minimum atomic E-state index is -0.510. The summed E-state index contributed by atoms with van der Waals surface area (Å²) in [6.45, 7) is 1.61. The van der Waals surface area contributed by atoms with Crippen LogP contribution in [0.1, 0.15) is 20.8 Å². The molecule has 0 unspecified atom stereocenters. The van der Waals surface area contributed by atoms with Crippen LogP contribution >= 0.6 is 23.3 Å². The Morgan fingerprint density at radius 1 is 0.971 bits per heavy atom. The number of nitrogens with zero attached hydrogens (tertiary/aromatic N) is 4. The number of rotatable bonds is 5. The third kappa shape index (κ3) is 4.59. The molecule has 34 heavy (non-hydrogen) atoms. The molecule has 5 rings (SSSR count). The van der Waals surface area contributed by atoms with E-state index in [-0.39, 0.29) is 23.1 Å². The van der Waals surface area contributed by atoms with E-state index in [4.69, 9.17) is 0 Å². The van der Waals surface area contributed by atoms with Crippen molar-refractivity contribution in [3.05, 3.63) is 82.7 Å². The number of fused-ring (bicyclic) bond motifs is 1. The molecule has 172 valence electrons. The average Bonchev–Trinajstić information content (AvgIpc) is 3.42. The average molecular weight is 494 g/mol. The molecule has 0 spiro atoms. The second kappa shape index (κ2) is 9.78. The Balaban J connectivity index is 1.21. The first-order valence-electron chi connectivity index (χ1n) is 10.6. The lowest BCUT2D eigenvalue weighted by molar-refractivity contribution is 0.0532. The van der Waals surface area contributed by atoms with Crippen LogP contribution in [0.2, 0.25) is 0 Å². The van der Waals surface area contributed by atoms with Gasteiger partial charge in [-0.3, -0.25) is 14.6 Å². The van der Waals surface area contributed by atoms with E-state index < -0.39 is 5.82 Å². The summed E-state index contributed by atoms with van der Waals surface area (Å²) in [5.74, 6) is -0.894. The number of anilines is 1.